The largest absolute Gasteiger partial charge is 0.498 e. The van der Waals surface area contributed by atoms with E-state index < -0.39 is 0 Å². The van der Waals surface area contributed by atoms with Gasteiger partial charge in [0.1, 0.15) is 5.75 Å². The van der Waals surface area contributed by atoms with E-state index in [-0.39, 0.29) is 0 Å². The van der Waals surface area contributed by atoms with Crippen LogP contribution in [0.1, 0.15) is 51.0 Å². The quantitative estimate of drug-likeness (QED) is 0.655. The van der Waals surface area contributed by atoms with E-state index in [9.17, 15) is 0 Å². The predicted octanol–water partition coefficient (Wildman–Crippen LogP) is 5.82. The summed E-state index contributed by atoms with van der Waals surface area (Å²) in [6, 6.07) is 8.37. The van der Waals surface area contributed by atoms with Gasteiger partial charge in [-0.05, 0) is 76.0 Å². The lowest BCUT2D eigenvalue weighted by Gasteiger charge is -2.29. The summed E-state index contributed by atoms with van der Waals surface area (Å²) >= 11 is 0. The molecule has 0 bridgehead atoms. The first-order chi connectivity index (χ1) is 11.7. The highest BCUT2D eigenvalue weighted by Crippen LogP contribution is 2.30. The van der Waals surface area contributed by atoms with E-state index >= 15 is 0 Å². The normalized spacial score (nSPS) is 24.1. The molecule has 2 nitrogen and oxygen atoms in total. The molecule has 3 rings (SSSR count). The van der Waals surface area contributed by atoms with Crippen molar-refractivity contribution in [3.8, 4) is 5.75 Å². The summed E-state index contributed by atoms with van der Waals surface area (Å²) in [6.07, 6.45) is 11.6. The highest BCUT2D eigenvalue weighted by molar-refractivity contribution is 5.26. The Kier molecular flexibility index (Phi) is 6.01. The molecule has 0 atom stereocenters. The average Bonchev–Trinajstić information content (AvgIpc) is 2.62. The third-order valence-corrected chi connectivity index (χ3v) is 5.30. The number of aryl methyl sites for hydroxylation is 1. The molecule has 1 saturated carbocycles. The molecule has 2 aliphatic carbocycles. The topological polar surface area (TPSA) is 18.5 Å². The molecule has 1 aromatic carbocycles. The molecule has 2 aliphatic rings. The SMILES string of the molecule is CC1=CC=C(OCC2CCC(COc3ccc(C)cc3)CC2)CC1. The number of allylic oxidation sites excluding steroid dienone is 4. The van der Waals surface area contributed by atoms with Crippen molar-refractivity contribution in [3.63, 3.8) is 0 Å². The van der Waals surface area contributed by atoms with Crippen molar-refractivity contribution in [1.82, 2.24) is 0 Å². The number of benzene rings is 1. The zero-order valence-electron chi connectivity index (χ0n) is 15.1. The van der Waals surface area contributed by atoms with E-state index in [4.69, 9.17) is 9.47 Å². The summed E-state index contributed by atoms with van der Waals surface area (Å²) in [7, 11) is 0. The molecule has 1 aromatic rings. The molecule has 0 heterocycles. The molecular weight excluding hydrogens is 296 g/mol. The van der Waals surface area contributed by atoms with Gasteiger partial charge in [0.15, 0.2) is 0 Å². The molecule has 0 N–H and O–H groups in total. The summed E-state index contributed by atoms with van der Waals surface area (Å²) in [5.41, 5.74) is 2.73. The van der Waals surface area contributed by atoms with Crippen molar-refractivity contribution in [2.45, 2.75) is 52.4 Å². The van der Waals surface area contributed by atoms with Crippen LogP contribution in [-0.2, 0) is 4.74 Å². The Bertz CT molecular complexity index is 574. The molecule has 0 radical (unpaired) electrons. The predicted molar refractivity (Wildman–Crippen MR) is 99.1 cm³/mol. The lowest BCUT2D eigenvalue weighted by atomic mass is 9.83. The first-order valence-electron chi connectivity index (χ1n) is 9.37. The maximum absolute atomic E-state index is 6.03. The minimum absolute atomic E-state index is 0.696. The molecular formula is C22H30O2. The standard InChI is InChI=1S/C22H30O2/c1-17-3-11-21(12-4-17)23-15-19-7-9-20(10-8-19)16-24-22-13-5-18(2)6-14-22/h3-5,11-13,19-20H,6-10,14-16H2,1-2H3. The maximum atomic E-state index is 6.03. The Labute approximate surface area is 146 Å². The molecule has 130 valence electrons. The zero-order valence-corrected chi connectivity index (χ0v) is 15.1. The van der Waals surface area contributed by atoms with Crippen LogP contribution in [0.3, 0.4) is 0 Å². The molecule has 0 unspecified atom stereocenters. The van der Waals surface area contributed by atoms with E-state index in [1.165, 1.54) is 42.6 Å². The summed E-state index contributed by atoms with van der Waals surface area (Å²) in [5, 5.41) is 0. The van der Waals surface area contributed by atoms with Crippen molar-refractivity contribution in [1.29, 1.82) is 0 Å². The number of hydrogen-bond acceptors (Lipinski definition) is 2. The summed E-state index contributed by atoms with van der Waals surface area (Å²) < 4.78 is 12.0. The highest BCUT2D eigenvalue weighted by atomic mass is 16.5. The summed E-state index contributed by atoms with van der Waals surface area (Å²) in [5.74, 6) is 3.58. The van der Waals surface area contributed by atoms with Crippen molar-refractivity contribution in [3.05, 3.63) is 53.3 Å². The number of ether oxygens (including phenoxy) is 2. The average molecular weight is 326 g/mol. The first kappa shape index (κ1) is 17.1. The van der Waals surface area contributed by atoms with Crippen molar-refractivity contribution in [2.24, 2.45) is 11.8 Å². The second-order valence-corrected chi connectivity index (χ2v) is 7.47. The summed E-state index contributed by atoms with van der Waals surface area (Å²) in [6.45, 7) is 6.04. The van der Waals surface area contributed by atoms with Crippen LogP contribution in [0.15, 0.2) is 47.7 Å². The molecule has 0 spiro atoms. The molecule has 0 saturated heterocycles. The van der Waals surface area contributed by atoms with E-state index in [0.29, 0.717) is 11.8 Å². The van der Waals surface area contributed by atoms with Gasteiger partial charge >= 0.3 is 0 Å². The molecule has 1 fully saturated rings. The molecule has 24 heavy (non-hydrogen) atoms. The Morgan fingerprint density at radius 1 is 0.792 bits per heavy atom. The van der Waals surface area contributed by atoms with Crippen LogP contribution in [0.25, 0.3) is 0 Å². The van der Waals surface area contributed by atoms with Gasteiger partial charge in [0.05, 0.1) is 19.0 Å². The van der Waals surface area contributed by atoms with Gasteiger partial charge in [0, 0.05) is 6.42 Å². The van der Waals surface area contributed by atoms with Gasteiger partial charge in [0.25, 0.3) is 0 Å². The van der Waals surface area contributed by atoms with Crippen molar-refractivity contribution in [2.75, 3.05) is 13.2 Å². The second kappa shape index (κ2) is 8.41. The van der Waals surface area contributed by atoms with Gasteiger partial charge in [-0.2, -0.15) is 0 Å². The lowest BCUT2D eigenvalue weighted by Crippen LogP contribution is -2.22. The van der Waals surface area contributed by atoms with E-state index in [1.807, 2.05) is 0 Å². The fraction of sp³-hybridized carbons (Fsp3) is 0.545. The number of rotatable bonds is 6. The van der Waals surface area contributed by atoms with E-state index in [2.05, 4.69) is 50.3 Å². The fourth-order valence-corrected chi connectivity index (χ4v) is 3.48. The van der Waals surface area contributed by atoms with Crippen LogP contribution >= 0.6 is 0 Å². The fourth-order valence-electron chi connectivity index (χ4n) is 3.48. The minimum Gasteiger partial charge on any atom is -0.498 e. The molecule has 0 amide bonds. The Morgan fingerprint density at radius 3 is 2.00 bits per heavy atom. The van der Waals surface area contributed by atoms with Crippen molar-refractivity contribution >= 4 is 0 Å². The van der Waals surface area contributed by atoms with Crippen molar-refractivity contribution < 1.29 is 9.47 Å². The summed E-state index contributed by atoms with van der Waals surface area (Å²) in [4.78, 5) is 0. The van der Waals surface area contributed by atoms with Crippen LogP contribution in [0, 0.1) is 18.8 Å². The molecule has 2 heteroatoms. The third kappa shape index (κ3) is 5.15. The lowest BCUT2D eigenvalue weighted by molar-refractivity contribution is 0.109. The van der Waals surface area contributed by atoms with Crippen LogP contribution in [0.4, 0.5) is 0 Å². The van der Waals surface area contributed by atoms with E-state index in [1.54, 1.807) is 0 Å². The highest BCUT2D eigenvalue weighted by Gasteiger charge is 2.22. The Morgan fingerprint density at radius 2 is 1.42 bits per heavy atom. The zero-order chi connectivity index (χ0) is 16.8. The van der Waals surface area contributed by atoms with Crippen LogP contribution < -0.4 is 4.74 Å². The first-order valence-corrected chi connectivity index (χ1v) is 9.37. The minimum atomic E-state index is 0.696. The second-order valence-electron chi connectivity index (χ2n) is 7.47. The van der Waals surface area contributed by atoms with Crippen LogP contribution in [-0.4, -0.2) is 13.2 Å². The Hall–Kier alpha value is -1.70. The van der Waals surface area contributed by atoms with Gasteiger partial charge < -0.3 is 9.47 Å². The van der Waals surface area contributed by atoms with Gasteiger partial charge in [-0.25, -0.2) is 0 Å². The van der Waals surface area contributed by atoms with Gasteiger partial charge in [-0.1, -0.05) is 29.3 Å². The van der Waals surface area contributed by atoms with Crippen LogP contribution in [0.2, 0.25) is 0 Å². The number of hydrogen-bond donors (Lipinski definition) is 0. The van der Waals surface area contributed by atoms with Gasteiger partial charge in [0.2, 0.25) is 0 Å². The smallest absolute Gasteiger partial charge is 0.119 e. The third-order valence-electron chi connectivity index (χ3n) is 5.30. The maximum Gasteiger partial charge on any atom is 0.119 e. The molecule has 0 aromatic heterocycles. The monoisotopic (exact) mass is 326 g/mol. The van der Waals surface area contributed by atoms with Gasteiger partial charge in [-0.3, -0.25) is 0 Å². The Balaban J connectivity index is 1.34. The van der Waals surface area contributed by atoms with Gasteiger partial charge in [-0.15, -0.1) is 0 Å². The van der Waals surface area contributed by atoms with E-state index in [0.717, 1.165) is 31.8 Å². The van der Waals surface area contributed by atoms with Crippen LogP contribution in [0.5, 0.6) is 5.75 Å². The molecule has 0 aliphatic heterocycles.